The van der Waals surface area contributed by atoms with Gasteiger partial charge in [0.1, 0.15) is 17.5 Å². The van der Waals surface area contributed by atoms with E-state index >= 15 is 0 Å². The summed E-state index contributed by atoms with van der Waals surface area (Å²) in [4.78, 5) is 25.7. The lowest BCUT2D eigenvalue weighted by molar-refractivity contribution is -0.150. The number of para-hydroxylation sites is 1. The zero-order valence-electron chi connectivity index (χ0n) is 14.0. The van der Waals surface area contributed by atoms with Crippen LogP contribution >= 0.6 is 0 Å². The lowest BCUT2D eigenvalue weighted by Gasteiger charge is -2.30. The molecule has 0 atom stereocenters. The number of esters is 1. The molecular weight excluding hydrogens is 325 g/mol. The number of anilines is 1. The molecule has 1 N–H and O–H groups in total. The Balaban J connectivity index is 1.97. The molecule has 1 amide bonds. The number of halogens is 1. The Bertz CT molecular complexity index is 704. The number of nitriles is 1. The largest absolute Gasteiger partial charge is 0.466 e. The Morgan fingerprint density at radius 1 is 1.40 bits per heavy atom. The van der Waals surface area contributed by atoms with Gasteiger partial charge in [-0.25, -0.2) is 4.39 Å². The highest BCUT2D eigenvalue weighted by molar-refractivity contribution is 5.97. The number of amides is 1. The number of hydrogen-bond donors (Lipinski definition) is 1. The lowest BCUT2D eigenvalue weighted by Crippen LogP contribution is -2.41. The van der Waals surface area contributed by atoms with Crippen molar-refractivity contribution in [1.29, 1.82) is 5.26 Å². The van der Waals surface area contributed by atoms with Crippen LogP contribution in [0, 0.1) is 23.1 Å². The van der Waals surface area contributed by atoms with Crippen molar-refractivity contribution >= 4 is 17.6 Å². The van der Waals surface area contributed by atoms with Crippen molar-refractivity contribution < 1.29 is 18.7 Å². The van der Waals surface area contributed by atoms with Gasteiger partial charge >= 0.3 is 5.97 Å². The quantitative estimate of drug-likeness (QED) is 0.503. The Hall–Kier alpha value is -2.88. The zero-order chi connectivity index (χ0) is 18.2. The second kappa shape index (κ2) is 8.83. The zero-order valence-corrected chi connectivity index (χ0v) is 14.0. The number of likely N-dealkylation sites (tertiary alicyclic amines) is 1. The molecule has 25 heavy (non-hydrogen) atoms. The minimum Gasteiger partial charge on any atom is -0.466 e. The van der Waals surface area contributed by atoms with E-state index in [0.717, 1.165) is 0 Å². The number of hydrogen-bond acceptors (Lipinski definition) is 5. The number of rotatable bonds is 5. The molecule has 0 aromatic heterocycles. The summed E-state index contributed by atoms with van der Waals surface area (Å²) in [6, 6.07) is 7.82. The molecule has 0 unspecified atom stereocenters. The average Bonchev–Trinajstić information content (AvgIpc) is 2.63. The molecule has 132 valence electrons. The van der Waals surface area contributed by atoms with Gasteiger partial charge in [0.05, 0.1) is 18.2 Å². The third-order valence-electron chi connectivity index (χ3n) is 4.00. The van der Waals surface area contributed by atoms with Crippen LogP contribution in [0.3, 0.4) is 0 Å². The number of ether oxygens (including phenoxy) is 1. The van der Waals surface area contributed by atoms with E-state index in [0.29, 0.717) is 32.5 Å². The van der Waals surface area contributed by atoms with E-state index in [9.17, 15) is 19.2 Å². The van der Waals surface area contributed by atoms with Crippen molar-refractivity contribution in [2.75, 3.05) is 25.0 Å². The van der Waals surface area contributed by atoms with E-state index in [4.69, 9.17) is 4.74 Å². The van der Waals surface area contributed by atoms with E-state index in [-0.39, 0.29) is 23.1 Å². The third-order valence-corrected chi connectivity index (χ3v) is 4.00. The fourth-order valence-electron chi connectivity index (χ4n) is 2.62. The van der Waals surface area contributed by atoms with E-state index in [2.05, 4.69) is 5.32 Å². The normalized spacial score (nSPS) is 15.4. The summed E-state index contributed by atoms with van der Waals surface area (Å²) < 4.78 is 18.6. The molecule has 6 nitrogen and oxygen atoms in total. The van der Waals surface area contributed by atoms with Crippen LogP contribution in [-0.4, -0.2) is 36.5 Å². The van der Waals surface area contributed by atoms with Gasteiger partial charge in [0.25, 0.3) is 5.91 Å². The minimum absolute atomic E-state index is 0.113. The summed E-state index contributed by atoms with van der Waals surface area (Å²) in [5, 5.41) is 11.9. The number of piperidine rings is 1. The average molecular weight is 345 g/mol. The van der Waals surface area contributed by atoms with Crippen LogP contribution in [0.2, 0.25) is 0 Å². The van der Waals surface area contributed by atoms with Crippen molar-refractivity contribution in [1.82, 2.24) is 4.90 Å². The second-order valence-electron chi connectivity index (χ2n) is 5.61. The van der Waals surface area contributed by atoms with Gasteiger partial charge in [-0.3, -0.25) is 9.59 Å². The second-order valence-corrected chi connectivity index (χ2v) is 5.61. The van der Waals surface area contributed by atoms with E-state index in [1.54, 1.807) is 19.1 Å². The number of nitrogens with one attached hydrogen (secondary N) is 1. The van der Waals surface area contributed by atoms with Crippen molar-refractivity contribution in [3.63, 3.8) is 0 Å². The Labute approximate surface area is 145 Å². The maximum Gasteiger partial charge on any atom is 0.309 e. The molecule has 0 saturated carbocycles. The Kier molecular flexibility index (Phi) is 6.52. The van der Waals surface area contributed by atoms with E-state index in [1.807, 2.05) is 6.07 Å². The number of nitrogens with zero attached hydrogens (tertiary/aromatic N) is 2. The summed E-state index contributed by atoms with van der Waals surface area (Å²) in [6.45, 7) is 2.84. The van der Waals surface area contributed by atoms with Gasteiger partial charge in [-0.15, -0.1) is 0 Å². The van der Waals surface area contributed by atoms with Crippen LogP contribution in [0.1, 0.15) is 19.8 Å². The van der Waals surface area contributed by atoms with Gasteiger partial charge in [-0.05, 0) is 31.9 Å². The summed E-state index contributed by atoms with van der Waals surface area (Å²) in [6.07, 6.45) is 2.21. The molecule has 0 aliphatic carbocycles. The monoisotopic (exact) mass is 345 g/mol. The topological polar surface area (TPSA) is 82.4 Å². The highest BCUT2D eigenvalue weighted by Gasteiger charge is 2.29. The van der Waals surface area contributed by atoms with E-state index < -0.39 is 11.7 Å². The molecule has 2 rings (SSSR count). The summed E-state index contributed by atoms with van der Waals surface area (Å²) in [5.74, 6) is -1.37. The van der Waals surface area contributed by atoms with Crippen LogP contribution in [0.15, 0.2) is 36.0 Å². The van der Waals surface area contributed by atoms with Gasteiger partial charge in [0, 0.05) is 19.3 Å². The first-order chi connectivity index (χ1) is 12.1. The van der Waals surface area contributed by atoms with Crippen molar-refractivity contribution in [3.05, 3.63) is 41.9 Å². The third kappa shape index (κ3) is 4.80. The lowest BCUT2D eigenvalue weighted by atomic mass is 9.96. The molecule has 1 aliphatic rings. The number of carbonyl (C=O) groups excluding carboxylic acids is 2. The first kappa shape index (κ1) is 18.5. The standard InChI is InChI=1S/C18H20FN3O3/c1-2-25-18(24)13-7-9-22(10-8-13)17(23)14(11-20)12-21-16-6-4-3-5-15(16)19/h3-6,12-13,21H,2,7-10H2,1H3/b14-12-. The molecule has 1 saturated heterocycles. The first-order valence-corrected chi connectivity index (χ1v) is 8.14. The van der Waals surface area contributed by atoms with Gasteiger partial charge < -0.3 is 15.0 Å². The summed E-state index contributed by atoms with van der Waals surface area (Å²) >= 11 is 0. The van der Waals surface area contributed by atoms with Crippen molar-refractivity contribution in [2.24, 2.45) is 5.92 Å². The van der Waals surface area contributed by atoms with Crippen molar-refractivity contribution in [2.45, 2.75) is 19.8 Å². The van der Waals surface area contributed by atoms with Gasteiger partial charge in [0.2, 0.25) is 0 Å². The van der Waals surface area contributed by atoms with Crippen LogP contribution in [0.25, 0.3) is 0 Å². The van der Waals surface area contributed by atoms with Crippen LogP contribution in [0.4, 0.5) is 10.1 Å². The molecule has 0 bridgehead atoms. The van der Waals surface area contributed by atoms with Gasteiger partial charge in [-0.2, -0.15) is 5.26 Å². The first-order valence-electron chi connectivity index (χ1n) is 8.14. The van der Waals surface area contributed by atoms with Crippen LogP contribution in [0.5, 0.6) is 0 Å². The smallest absolute Gasteiger partial charge is 0.309 e. The summed E-state index contributed by atoms with van der Waals surface area (Å²) in [7, 11) is 0. The molecule has 7 heteroatoms. The Morgan fingerprint density at radius 3 is 2.68 bits per heavy atom. The van der Waals surface area contributed by atoms with Crippen LogP contribution in [-0.2, 0) is 14.3 Å². The Morgan fingerprint density at radius 2 is 2.08 bits per heavy atom. The van der Waals surface area contributed by atoms with Gasteiger partial charge in [0.15, 0.2) is 0 Å². The highest BCUT2D eigenvalue weighted by Crippen LogP contribution is 2.20. The predicted octanol–water partition coefficient (Wildman–Crippen LogP) is 2.45. The fraction of sp³-hybridized carbons (Fsp3) is 0.389. The molecule has 1 aromatic rings. The maximum absolute atomic E-state index is 13.6. The van der Waals surface area contributed by atoms with E-state index in [1.165, 1.54) is 23.2 Å². The minimum atomic E-state index is -0.473. The predicted molar refractivity (Wildman–Crippen MR) is 89.7 cm³/mol. The molecular formula is C18H20FN3O3. The number of carbonyl (C=O) groups is 2. The van der Waals surface area contributed by atoms with Crippen LogP contribution < -0.4 is 5.32 Å². The fourth-order valence-corrected chi connectivity index (χ4v) is 2.62. The van der Waals surface area contributed by atoms with Gasteiger partial charge in [-0.1, -0.05) is 12.1 Å². The summed E-state index contributed by atoms with van der Waals surface area (Å²) in [5.41, 5.74) is 0.0712. The molecule has 1 fully saturated rings. The SMILES string of the molecule is CCOC(=O)C1CCN(C(=O)/C(C#N)=C\Nc2ccccc2F)CC1. The molecule has 0 spiro atoms. The van der Waals surface area contributed by atoms with Crippen molar-refractivity contribution in [3.8, 4) is 6.07 Å². The molecule has 0 radical (unpaired) electrons. The number of benzene rings is 1. The highest BCUT2D eigenvalue weighted by atomic mass is 19.1. The molecule has 1 aliphatic heterocycles. The molecule has 1 heterocycles. The molecule has 1 aromatic carbocycles. The maximum atomic E-state index is 13.6.